The summed E-state index contributed by atoms with van der Waals surface area (Å²) < 4.78 is 0.954. The van der Waals surface area contributed by atoms with Crippen LogP contribution in [0.3, 0.4) is 0 Å². The van der Waals surface area contributed by atoms with E-state index in [2.05, 4.69) is 32.0 Å². The quantitative estimate of drug-likeness (QED) is 0.795. The number of halogens is 1. The van der Waals surface area contributed by atoms with Crippen LogP contribution < -0.4 is 5.73 Å². The summed E-state index contributed by atoms with van der Waals surface area (Å²) in [6.45, 7) is 0. The molecule has 2 heterocycles. The first-order valence-corrected chi connectivity index (χ1v) is 7.60. The fourth-order valence-electron chi connectivity index (χ4n) is 2.00. The molecule has 2 N–H and O–H groups in total. The molecule has 0 fully saturated rings. The Morgan fingerprint density at radius 1 is 1.32 bits per heavy atom. The van der Waals surface area contributed by atoms with Gasteiger partial charge in [-0.05, 0) is 28.1 Å². The van der Waals surface area contributed by atoms with Crippen LogP contribution in [0, 0.1) is 0 Å². The van der Waals surface area contributed by atoms with Gasteiger partial charge < -0.3 is 5.73 Å². The zero-order valence-corrected chi connectivity index (χ0v) is 12.5. The van der Waals surface area contributed by atoms with E-state index < -0.39 is 0 Å². The molecule has 0 saturated heterocycles. The zero-order chi connectivity index (χ0) is 13.2. The number of thiazole rings is 1. The summed E-state index contributed by atoms with van der Waals surface area (Å²) in [7, 11) is 0. The molecule has 1 unspecified atom stereocenters. The van der Waals surface area contributed by atoms with E-state index in [1.54, 1.807) is 17.5 Å². The molecule has 0 radical (unpaired) electrons. The highest BCUT2D eigenvalue weighted by atomic mass is 79.9. The Bertz CT molecular complexity index is 697. The highest BCUT2D eigenvalue weighted by molar-refractivity contribution is 9.10. The van der Waals surface area contributed by atoms with Crippen LogP contribution in [-0.4, -0.2) is 9.97 Å². The topological polar surface area (TPSA) is 51.8 Å². The third kappa shape index (κ3) is 2.68. The van der Waals surface area contributed by atoms with Gasteiger partial charge in [-0.2, -0.15) is 0 Å². The molecule has 96 valence electrons. The molecule has 3 rings (SSSR count). The molecule has 0 aliphatic rings. The summed E-state index contributed by atoms with van der Waals surface area (Å²) in [6, 6.07) is 9.96. The van der Waals surface area contributed by atoms with Gasteiger partial charge in [0, 0.05) is 27.9 Å². The summed E-state index contributed by atoms with van der Waals surface area (Å²) in [6.07, 6.45) is 2.51. The normalized spacial score (nSPS) is 12.7. The first-order valence-electron chi connectivity index (χ1n) is 5.93. The van der Waals surface area contributed by atoms with Crippen molar-refractivity contribution in [2.45, 2.75) is 12.5 Å². The van der Waals surface area contributed by atoms with Crippen molar-refractivity contribution in [3.05, 3.63) is 57.1 Å². The maximum Gasteiger partial charge on any atom is 0.0944 e. The molecule has 19 heavy (non-hydrogen) atoms. The van der Waals surface area contributed by atoms with E-state index in [9.17, 15) is 0 Å². The number of nitrogens with two attached hydrogens (primary N) is 1. The van der Waals surface area contributed by atoms with E-state index in [1.165, 1.54) is 0 Å². The fraction of sp³-hybridized carbons (Fsp3) is 0.143. The summed E-state index contributed by atoms with van der Waals surface area (Å²) in [5, 5.41) is 4.11. The molecule has 0 saturated carbocycles. The predicted octanol–water partition coefficient (Wildman–Crippen LogP) is 3.70. The average Bonchev–Trinajstić information content (AvgIpc) is 2.90. The van der Waals surface area contributed by atoms with E-state index in [0.29, 0.717) is 6.42 Å². The van der Waals surface area contributed by atoms with E-state index in [1.807, 2.05) is 29.6 Å². The minimum atomic E-state index is -0.148. The van der Waals surface area contributed by atoms with Gasteiger partial charge in [0.05, 0.1) is 22.3 Å². The first kappa shape index (κ1) is 12.7. The molecular weight excluding hydrogens is 322 g/mol. The number of para-hydroxylation sites is 1. The fourth-order valence-corrected chi connectivity index (χ4v) is 3.31. The summed E-state index contributed by atoms with van der Waals surface area (Å²) >= 11 is 5.18. The van der Waals surface area contributed by atoms with Crippen molar-refractivity contribution in [1.82, 2.24) is 9.97 Å². The summed E-state index contributed by atoms with van der Waals surface area (Å²) in [4.78, 5) is 8.93. The van der Waals surface area contributed by atoms with Crippen LogP contribution in [0.4, 0.5) is 0 Å². The first-order chi connectivity index (χ1) is 9.24. The van der Waals surface area contributed by atoms with Crippen molar-refractivity contribution in [2.75, 3.05) is 0 Å². The lowest BCUT2D eigenvalue weighted by Crippen LogP contribution is -2.15. The number of hydrogen-bond acceptors (Lipinski definition) is 4. The lowest BCUT2D eigenvalue weighted by Gasteiger charge is -2.12. The summed E-state index contributed by atoms with van der Waals surface area (Å²) in [5.41, 5.74) is 8.10. The smallest absolute Gasteiger partial charge is 0.0944 e. The van der Waals surface area contributed by atoms with Gasteiger partial charge in [-0.3, -0.25) is 0 Å². The second-order valence-electron chi connectivity index (χ2n) is 4.28. The van der Waals surface area contributed by atoms with E-state index in [0.717, 1.165) is 26.1 Å². The number of pyridine rings is 1. The van der Waals surface area contributed by atoms with Crippen LogP contribution in [0.15, 0.2) is 46.4 Å². The van der Waals surface area contributed by atoms with E-state index in [4.69, 9.17) is 5.73 Å². The van der Waals surface area contributed by atoms with Gasteiger partial charge in [-0.15, -0.1) is 11.3 Å². The SMILES string of the molecule is NC(Cc1nccs1)c1nc2ccccc2cc1Br. The van der Waals surface area contributed by atoms with Crippen LogP contribution in [0.25, 0.3) is 10.9 Å². The molecule has 1 aromatic carbocycles. The molecule has 0 aliphatic heterocycles. The van der Waals surface area contributed by atoms with Crippen LogP contribution in [0.2, 0.25) is 0 Å². The van der Waals surface area contributed by atoms with E-state index in [-0.39, 0.29) is 6.04 Å². The standard InChI is InChI=1S/C14H12BrN3S/c15-10-7-9-3-1-2-4-12(9)18-14(10)11(16)8-13-17-5-6-19-13/h1-7,11H,8,16H2. The van der Waals surface area contributed by atoms with Gasteiger partial charge in [-0.1, -0.05) is 18.2 Å². The lowest BCUT2D eigenvalue weighted by atomic mass is 10.1. The molecule has 0 aliphatic carbocycles. The summed E-state index contributed by atoms with van der Waals surface area (Å²) in [5.74, 6) is 0. The van der Waals surface area contributed by atoms with Gasteiger partial charge >= 0.3 is 0 Å². The second-order valence-corrected chi connectivity index (χ2v) is 6.12. The van der Waals surface area contributed by atoms with Gasteiger partial charge in [-0.25, -0.2) is 9.97 Å². The number of hydrogen-bond donors (Lipinski definition) is 1. The molecule has 3 nitrogen and oxygen atoms in total. The Morgan fingerprint density at radius 3 is 2.95 bits per heavy atom. The van der Waals surface area contributed by atoms with Crippen LogP contribution >= 0.6 is 27.3 Å². The van der Waals surface area contributed by atoms with Crippen molar-refractivity contribution in [1.29, 1.82) is 0 Å². The highest BCUT2D eigenvalue weighted by Crippen LogP contribution is 2.27. The maximum atomic E-state index is 6.25. The van der Waals surface area contributed by atoms with Gasteiger partial charge in [0.25, 0.3) is 0 Å². The molecular formula is C14H12BrN3S. The van der Waals surface area contributed by atoms with Crippen LogP contribution in [0.5, 0.6) is 0 Å². The zero-order valence-electron chi connectivity index (χ0n) is 10.1. The van der Waals surface area contributed by atoms with Crippen LogP contribution in [-0.2, 0) is 6.42 Å². The molecule has 2 aromatic heterocycles. The molecule has 1 atom stereocenters. The minimum absolute atomic E-state index is 0.148. The third-order valence-electron chi connectivity index (χ3n) is 2.93. The van der Waals surface area contributed by atoms with Gasteiger partial charge in [0.1, 0.15) is 0 Å². The van der Waals surface area contributed by atoms with Crippen molar-refractivity contribution < 1.29 is 0 Å². The Hall–Kier alpha value is -1.30. The minimum Gasteiger partial charge on any atom is -0.322 e. The Kier molecular flexibility index (Phi) is 3.59. The third-order valence-corrected chi connectivity index (χ3v) is 4.37. The Morgan fingerprint density at radius 2 is 2.16 bits per heavy atom. The molecule has 0 spiro atoms. The van der Waals surface area contributed by atoms with Crippen molar-refractivity contribution >= 4 is 38.2 Å². The number of aromatic nitrogens is 2. The van der Waals surface area contributed by atoms with Gasteiger partial charge in [0.2, 0.25) is 0 Å². The molecule has 0 amide bonds. The number of nitrogens with zero attached hydrogens (tertiary/aromatic N) is 2. The van der Waals surface area contributed by atoms with Crippen LogP contribution in [0.1, 0.15) is 16.7 Å². The van der Waals surface area contributed by atoms with E-state index >= 15 is 0 Å². The Balaban J connectivity index is 1.97. The largest absolute Gasteiger partial charge is 0.322 e. The Labute approximate surface area is 123 Å². The predicted molar refractivity (Wildman–Crippen MR) is 82.2 cm³/mol. The van der Waals surface area contributed by atoms with Crippen molar-refractivity contribution in [3.8, 4) is 0 Å². The number of rotatable bonds is 3. The second kappa shape index (κ2) is 5.36. The number of benzene rings is 1. The molecule has 0 bridgehead atoms. The van der Waals surface area contributed by atoms with Crippen molar-refractivity contribution in [3.63, 3.8) is 0 Å². The molecule has 5 heteroatoms. The lowest BCUT2D eigenvalue weighted by molar-refractivity contribution is 0.693. The highest BCUT2D eigenvalue weighted by Gasteiger charge is 2.14. The van der Waals surface area contributed by atoms with Gasteiger partial charge in [0.15, 0.2) is 0 Å². The number of fused-ring (bicyclic) bond motifs is 1. The molecule has 3 aromatic rings. The van der Waals surface area contributed by atoms with Crippen molar-refractivity contribution in [2.24, 2.45) is 5.73 Å². The maximum absolute atomic E-state index is 6.25. The monoisotopic (exact) mass is 333 g/mol. The average molecular weight is 334 g/mol.